The van der Waals surface area contributed by atoms with Gasteiger partial charge in [-0.2, -0.15) is 5.10 Å². The summed E-state index contributed by atoms with van der Waals surface area (Å²) in [5.74, 6) is 0.372. The first-order valence-corrected chi connectivity index (χ1v) is 5.44. The van der Waals surface area contributed by atoms with E-state index in [1.165, 1.54) is 0 Å². The molecule has 1 aliphatic rings. The normalized spacial score (nSPS) is 19.7. The van der Waals surface area contributed by atoms with Crippen molar-refractivity contribution in [3.8, 4) is 0 Å². The highest BCUT2D eigenvalue weighted by Gasteiger charge is 2.20. The summed E-state index contributed by atoms with van der Waals surface area (Å²) in [7, 11) is 0. The fourth-order valence-corrected chi connectivity index (χ4v) is 1.92. The number of ether oxygens (including phenoxy) is 1. The standard InChI is InChI=1S/C11H16N2O2/c1-3-15-11(14)10-7-9-6-8(2)4-5-13(9)12-10/h7-8H,3-6H2,1-2H3/t8-/m1/s1. The average molecular weight is 208 g/mol. The number of carbonyl (C=O) groups excluding carboxylic acids is 1. The number of fused-ring (bicyclic) bond motifs is 1. The SMILES string of the molecule is CCOC(=O)c1cc2n(n1)CC[C@@H](C)C2. The van der Waals surface area contributed by atoms with Crippen molar-refractivity contribution in [2.75, 3.05) is 6.61 Å². The van der Waals surface area contributed by atoms with Crippen molar-refractivity contribution in [2.24, 2.45) is 5.92 Å². The maximum Gasteiger partial charge on any atom is 0.358 e. The van der Waals surface area contributed by atoms with Crippen LogP contribution in [0.4, 0.5) is 0 Å². The van der Waals surface area contributed by atoms with E-state index in [1.54, 1.807) is 6.92 Å². The third-order valence-electron chi connectivity index (χ3n) is 2.74. The second-order valence-corrected chi connectivity index (χ2v) is 4.06. The van der Waals surface area contributed by atoms with Crippen molar-refractivity contribution in [1.82, 2.24) is 9.78 Å². The van der Waals surface area contributed by atoms with Crippen LogP contribution in [0.2, 0.25) is 0 Å². The maximum atomic E-state index is 11.4. The van der Waals surface area contributed by atoms with Gasteiger partial charge in [0.1, 0.15) is 0 Å². The summed E-state index contributed by atoms with van der Waals surface area (Å²) in [5, 5.41) is 4.25. The van der Waals surface area contributed by atoms with Gasteiger partial charge in [0, 0.05) is 12.2 Å². The van der Waals surface area contributed by atoms with E-state index in [4.69, 9.17) is 4.74 Å². The molecule has 0 saturated carbocycles. The van der Waals surface area contributed by atoms with Crippen molar-refractivity contribution >= 4 is 5.97 Å². The topological polar surface area (TPSA) is 44.1 Å². The second-order valence-electron chi connectivity index (χ2n) is 4.06. The molecule has 0 spiro atoms. The summed E-state index contributed by atoms with van der Waals surface area (Å²) in [6.45, 7) is 5.34. The number of nitrogens with zero attached hydrogens (tertiary/aromatic N) is 2. The molecule has 0 unspecified atom stereocenters. The number of aryl methyl sites for hydroxylation is 1. The van der Waals surface area contributed by atoms with Crippen LogP contribution in [0.1, 0.15) is 36.5 Å². The molecule has 0 radical (unpaired) electrons. The zero-order valence-electron chi connectivity index (χ0n) is 9.19. The zero-order valence-corrected chi connectivity index (χ0v) is 9.19. The third-order valence-corrected chi connectivity index (χ3v) is 2.74. The Morgan fingerprint density at radius 2 is 2.53 bits per heavy atom. The summed E-state index contributed by atoms with van der Waals surface area (Å²) in [5.41, 5.74) is 1.60. The van der Waals surface area contributed by atoms with Gasteiger partial charge in [0.15, 0.2) is 5.69 Å². The van der Waals surface area contributed by atoms with E-state index < -0.39 is 0 Å². The Morgan fingerprint density at radius 1 is 1.73 bits per heavy atom. The van der Waals surface area contributed by atoms with E-state index in [-0.39, 0.29) is 5.97 Å². The molecule has 1 atom stereocenters. The van der Waals surface area contributed by atoms with E-state index in [9.17, 15) is 4.79 Å². The molecule has 4 nitrogen and oxygen atoms in total. The Bertz CT molecular complexity index is 371. The second kappa shape index (κ2) is 4.04. The molecule has 4 heteroatoms. The molecular formula is C11H16N2O2. The Labute approximate surface area is 89.2 Å². The first kappa shape index (κ1) is 10.2. The molecule has 0 bridgehead atoms. The van der Waals surface area contributed by atoms with Crippen LogP contribution in [0.3, 0.4) is 0 Å². The van der Waals surface area contributed by atoms with E-state index in [0.717, 1.165) is 25.1 Å². The minimum absolute atomic E-state index is 0.313. The summed E-state index contributed by atoms with van der Waals surface area (Å²) in [4.78, 5) is 11.4. The van der Waals surface area contributed by atoms with Crippen LogP contribution in [-0.2, 0) is 17.7 Å². The van der Waals surface area contributed by atoms with Crippen molar-refractivity contribution in [3.63, 3.8) is 0 Å². The Kier molecular flexibility index (Phi) is 2.75. The van der Waals surface area contributed by atoms with Gasteiger partial charge in [-0.25, -0.2) is 4.79 Å². The smallest absolute Gasteiger partial charge is 0.358 e. The molecule has 1 aliphatic heterocycles. The van der Waals surface area contributed by atoms with Gasteiger partial charge in [-0.15, -0.1) is 0 Å². The molecule has 0 aromatic carbocycles. The number of carbonyl (C=O) groups is 1. The lowest BCUT2D eigenvalue weighted by atomic mass is 9.98. The number of esters is 1. The fraction of sp³-hybridized carbons (Fsp3) is 0.636. The van der Waals surface area contributed by atoms with E-state index in [2.05, 4.69) is 12.0 Å². The predicted octanol–water partition coefficient (Wildman–Crippen LogP) is 1.64. The molecule has 82 valence electrons. The maximum absolute atomic E-state index is 11.4. The fourth-order valence-electron chi connectivity index (χ4n) is 1.92. The quantitative estimate of drug-likeness (QED) is 0.694. The van der Waals surface area contributed by atoms with E-state index >= 15 is 0 Å². The highest BCUT2D eigenvalue weighted by molar-refractivity contribution is 5.87. The van der Waals surface area contributed by atoms with Crippen molar-refractivity contribution < 1.29 is 9.53 Å². The van der Waals surface area contributed by atoms with Gasteiger partial charge in [-0.05, 0) is 31.7 Å². The summed E-state index contributed by atoms with van der Waals surface area (Å²) >= 11 is 0. The van der Waals surface area contributed by atoms with Crippen molar-refractivity contribution in [3.05, 3.63) is 17.5 Å². The predicted molar refractivity (Wildman–Crippen MR) is 55.7 cm³/mol. The zero-order chi connectivity index (χ0) is 10.8. The summed E-state index contributed by atoms with van der Waals surface area (Å²) < 4.78 is 6.84. The molecule has 0 saturated heterocycles. The molecular weight excluding hydrogens is 192 g/mol. The van der Waals surface area contributed by atoms with Gasteiger partial charge in [-0.1, -0.05) is 6.92 Å². The summed E-state index contributed by atoms with van der Waals surface area (Å²) in [6.07, 6.45) is 2.14. The molecule has 1 aromatic rings. The molecule has 2 rings (SSSR count). The number of aromatic nitrogens is 2. The monoisotopic (exact) mass is 208 g/mol. The Balaban J connectivity index is 2.19. The highest BCUT2D eigenvalue weighted by Crippen LogP contribution is 2.20. The van der Waals surface area contributed by atoms with Crippen LogP contribution in [0, 0.1) is 5.92 Å². The van der Waals surface area contributed by atoms with Crippen LogP contribution in [0.15, 0.2) is 6.07 Å². The van der Waals surface area contributed by atoms with E-state index in [1.807, 2.05) is 10.7 Å². The third kappa shape index (κ3) is 2.03. The van der Waals surface area contributed by atoms with Gasteiger partial charge < -0.3 is 4.74 Å². The Hall–Kier alpha value is -1.32. The largest absolute Gasteiger partial charge is 0.461 e. The first-order valence-electron chi connectivity index (χ1n) is 5.44. The first-order chi connectivity index (χ1) is 7.20. The Morgan fingerprint density at radius 3 is 3.27 bits per heavy atom. The lowest BCUT2D eigenvalue weighted by molar-refractivity contribution is 0.0518. The van der Waals surface area contributed by atoms with Crippen LogP contribution < -0.4 is 0 Å². The molecule has 2 heterocycles. The van der Waals surface area contributed by atoms with Gasteiger partial charge in [0.2, 0.25) is 0 Å². The van der Waals surface area contributed by atoms with Crippen LogP contribution in [0.5, 0.6) is 0 Å². The highest BCUT2D eigenvalue weighted by atomic mass is 16.5. The van der Waals surface area contributed by atoms with Crippen molar-refractivity contribution in [2.45, 2.75) is 33.2 Å². The van der Waals surface area contributed by atoms with E-state index in [0.29, 0.717) is 18.2 Å². The molecule has 0 N–H and O–H groups in total. The van der Waals surface area contributed by atoms with Gasteiger partial charge in [0.05, 0.1) is 6.61 Å². The minimum atomic E-state index is -0.313. The van der Waals surface area contributed by atoms with Crippen LogP contribution in [0.25, 0.3) is 0 Å². The molecule has 0 fully saturated rings. The number of rotatable bonds is 2. The van der Waals surface area contributed by atoms with Crippen LogP contribution >= 0.6 is 0 Å². The van der Waals surface area contributed by atoms with Gasteiger partial charge in [-0.3, -0.25) is 4.68 Å². The summed E-state index contributed by atoms with van der Waals surface area (Å²) in [6, 6.07) is 1.85. The van der Waals surface area contributed by atoms with Crippen molar-refractivity contribution in [1.29, 1.82) is 0 Å². The minimum Gasteiger partial charge on any atom is -0.461 e. The molecule has 15 heavy (non-hydrogen) atoms. The van der Waals surface area contributed by atoms with Gasteiger partial charge in [0.25, 0.3) is 0 Å². The molecule has 0 aliphatic carbocycles. The lowest BCUT2D eigenvalue weighted by Crippen LogP contribution is -2.17. The number of hydrogen-bond acceptors (Lipinski definition) is 3. The average Bonchev–Trinajstić information content (AvgIpc) is 2.60. The van der Waals surface area contributed by atoms with Crippen LogP contribution in [-0.4, -0.2) is 22.4 Å². The van der Waals surface area contributed by atoms with Gasteiger partial charge >= 0.3 is 5.97 Å². The number of hydrogen-bond donors (Lipinski definition) is 0. The molecule has 1 aromatic heterocycles. The molecule has 0 amide bonds. The lowest BCUT2D eigenvalue weighted by Gasteiger charge is -2.18.